The number of piperidine rings is 1. The van der Waals surface area contributed by atoms with Gasteiger partial charge in [-0.15, -0.1) is 0 Å². The van der Waals surface area contributed by atoms with Gasteiger partial charge in [0.1, 0.15) is 6.04 Å². The monoisotopic (exact) mass is 403 g/mol. The maximum Gasteiger partial charge on any atom is 0.310 e. The van der Waals surface area contributed by atoms with Gasteiger partial charge in [-0.2, -0.15) is 0 Å². The number of rotatable bonds is 4. The van der Waals surface area contributed by atoms with E-state index >= 15 is 0 Å². The fourth-order valence-corrected chi connectivity index (χ4v) is 4.16. The van der Waals surface area contributed by atoms with Crippen molar-refractivity contribution in [3.8, 4) is 0 Å². The number of carbonyl (C=O) groups excluding carboxylic acids is 2. The molecule has 0 bridgehead atoms. The third kappa shape index (κ3) is 5.48. The number of piperazine rings is 1. The summed E-state index contributed by atoms with van der Waals surface area (Å²) in [5.74, 6) is -0.927. The fourth-order valence-electron chi connectivity index (χ4n) is 4.16. The van der Waals surface area contributed by atoms with E-state index in [9.17, 15) is 9.59 Å². The minimum Gasteiger partial charge on any atom is -0.469 e. The number of methoxy groups -OCH3 is 1. The van der Waals surface area contributed by atoms with Gasteiger partial charge in [0.25, 0.3) is 0 Å². The molecule has 1 amide bonds. The van der Waals surface area contributed by atoms with Gasteiger partial charge in [0.05, 0.1) is 24.7 Å². The molecule has 0 unspecified atom stereocenters. The van der Waals surface area contributed by atoms with Crippen molar-refractivity contribution in [1.29, 1.82) is 0 Å². The Morgan fingerprint density at radius 3 is 2.31 bits per heavy atom. The lowest BCUT2D eigenvalue weighted by Crippen LogP contribution is -2.61. The van der Waals surface area contributed by atoms with Crippen molar-refractivity contribution in [1.82, 2.24) is 10.2 Å². The van der Waals surface area contributed by atoms with Gasteiger partial charge in [-0.1, -0.05) is 18.2 Å². The molecule has 0 radical (unpaired) electrons. The predicted octanol–water partition coefficient (Wildman–Crippen LogP) is 1.67. The summed E-state index contributed by atoms with van der Waals surface area (Å²) in [6, 6.07) is 9.66. The molecule has 1 N–H and O–H groups in total. The number of para-hydroxylation sites is 1. The molecule has 2 heterocycles. The molecule has 2 fully saturated rings. The third-order valence-electron chi connectivity index (χ3n) is 5.49. The average Bonchev–Trinajstić information content (AvgIpc) is 2.72. The van der Waals surface area contributed by atoms with Crippen LogP contribution in [-0.2, 0) is 19.1 Å². The quantitative estimate of drug-likeness (QED) is 0.772. The molecule has 7 heteroatoms. The molecule has 1 aromatic carbocycles. The van der Waals surface area contributed by atoms with E-state index in [-0.39, 0.29) is 23.6 Å². The van der Waals surface area contributed by atoms with Crippen LogP contribution < -0.4 is 10.2 Å². The minimum atomic E-state index is -0.564. The highest BCUT2D eigenvalue weighted by Crippen LogP contribution is 2.26. The fraction of sp³-hybridized carbons (Fsp3) is 0.636. The topological polar surface area (TPSA) is 71.1 Å². The van der Waals surface area contributed by atoms with Gasteiger partial charge < -0.3 is 24.6 Å². The second-order valence-electron chi connectivity index (χ2n) is 8.75. The summed E-state index contributed by atoms with van der Waals surface area (Å²) in [7, 11) is 1.37. The van der Waals surface area contributed by atoms with Crippen molar-refractivity contribution >= 4 is 17.6 Å². The van der Waals surface area contributed by atoms with Crippen LogP contribution in [0.1, 0.15) is 27.2 Å². The number of benzene rings is 1. The van der Waals surface area contributed by atoms with E-state index in [2.05, 4.69) is 22.3 Å². The zero-order valence-corrected chi connectivity index (χ0v) is 17.9. The number of esters is 1. The molecular weight excluding hydrogens is 370 g/mol. The van der Waals surface area contributed by atoms with E-state index in [4.69, 9.17) is 9.47 Å². The van der Waals surface area contributed by atoms with Crippen LogP contribution in [0.25, 0.3) is 0 Å². The molecule has 3 rings (SSSR count). The van der Waals surface area contributed by atoms with Gasteiger partial charge in [0.15, 0.2) is 0 Å². The van der Waals surface area contributed by atoms with Crippen LogP contribution in [0.2, 0.25) is 0 Å². The second-order valence-corrected chi connectivity index (χ2v) is 8.75. The van der Waals surface area contributed by atoms with E-state index in [1.54, 1.807) is 0 Å². The molecule has 0 spiro atoms. The van der Waals surface area contributed by atoms with Gasteiger partial charge in [-0.05, 0) is 39.3 Å². The number of nitrogens with one attached hydrogen (secondary N) is 1. The first kappa shape index (κ1) is 21.6. The zero-order valence-electron chi connectivity index (χ0n) is 17.9. The van der Waals surface area contributed by atoms with Crippen LogP contribution in [-0.4, -0.2) is 74.4 Å². The van der Waals surface area contributed by atoms with Crippen LogP contribution in [0.15, 0.2) is 30.3 Å². The van der Waals surface area contributed by atoms with Crippen molar-refractivity contribution in [2.24, 2.45) is 5.92 Å². The Balaban J connectivity index is 1.62. The van der Waals surface area contributed by atoms with Crippen LogP contribution in [0.3, 0.4) is 0 Å². The number of anilines is 1. The lowest BCUT2D eigenvalue weighted by atomic mass is 9.88. The third-order valence-corrected chi connectivity index (χ3v) is 5.49. The molecule has 1 aromatic rings. The molecule has 0 aliphatic carbocycles. The summed E-state index contributed by atoms with van der Waals surface area (Å²) >= 11 is 0. The van der Waals surface area contributed by atoms with E-state index in [0.717, 1.165) is 13.1 Å². The molecule has 160 valence electrons. The van der Waals surface area contributed by atoms with Crippen LogP contribution in [0.4, 0.5) is 5.69 Å². The SMILES string of the molecule is COC(=O)[C@H]1C[C@H](OC(C)(C)C)CN[C@@H]1C(=O)N1CCN(c2ccccc2)CC1. The minimum absolute atomic E-state index is 0.0256. The first-order valence-corrected chi connectivity index (χ1v) is 10.4. The number of carbonyl (C=O) groups is 2. The van der Waals surface area contributed by atoms with Crippen molar-refractivity contribution in [3.05, 3.63) is 30.3 Å². The van der Waals surface area contributed by atoms with E-state index in [0.29, 0.717) is 26.1 Å². The van der Waals surface area contributed by atoms with Crippen LogP contribution >= 0.6 is 0 Å². The summed E-state index contributed by atoms with van der Waals surface area (Å²) in [6.45, 7) is 9.35. The zero-order chi connectivity index (χ0) is 21.0. The number of hydrogen-bond donors (Lipinski definition) is 1. The molecule has 2 saturated heterocycles. The Bertz CT molecular complexity index is 696. The van der Waals surface area contributed by atoms with E-state index in [1.807, 2.05) is 43.9 Å². The van der Waals surface area contributed by atoms with E-state index < -0.39 is 12.0 Å². The lowest BCUT2D eigenvalue weighted by Gasteiger charge is -2.41. The summed E-state index contributed by atoms with van der Waals surface area (Å²) in [5.41, 5.74) is 0.863. The maximum absolute atomic E-state index is 13.2. The van der Waals surface area contributed by atoms with E-state index in [1.165, 1.54) is 12.8 Å². The molecule has 2 aliphatic heterocycles. The highest BCUT2D eigenvalue weighted by molar-refractivity contribution is 5.88. The Hall–Kier alpha value is -2.12. The molecule has 29 heavy (non-hydrogen) atoms. The lowest BCUT2D eigenvalue weighted by molar-refractivity contribution is -0.157. The summed E-state index contributed by atoms with van der Waals surface area (Å²) in [6.07, 6.45) is 0.357. The summed E-state index contributed by atoms with van der Waals surface area (Å²) in [4.78, 5) is 29.8. The molecule has 0 aromatic heterocycles. The van der Waals surface area contributed by atoms with Crippen LogP contribution in [0.5, 0.6) is 0 Å². The smallest absolute Gasteiger partial charge is 0.310 e. The largest absolute Gasteiger partial charge is 0.469 e. The number of amides is 1. The summed E-state index contributed by atoms with van der Waals surface area (Å²) in [5, 5.41) is 3.27. The first-order chi connectivity index (χ1) is 13.8. The van der Waals surface area contributed by atoms with Gasteiger partial charge in [-0.25, -0.2) is 0 Å². The van der Waals surface area contributed by atoms with Crippen molar-refractivity contribution in [2.75, 3.05) is 44.7 Å². The van der Waals surface area contributed by atoms with Gasteiger partial charge in [0.2, 0.25) is 5.91 Å². The van der Waals surface area contributed by atoms with Gasteiger partial charge >= 0.3 is 5.97 Å². The van der Waals surface area contributed by atoms with Crippen LogP contribution in [0, 0.1) is 5.92 Å². The Labute approximate surface area is 173 Å². The molecule has 3 atom stereocenters. The highest BCUT2D eigenvalue weighted by Gasteiger charge is 2.43. The second kappa shape index (κ2) is 9.13. The standard InChI is InChI=1S/C22H33N3O4/c1-22(2,3)29-17-14-18(21(27)28-4)19(23-15-17)20(26)25-12-10-24(11-13-25)16-8-6-5-7-9-16/h5-9,17-19,23H,10-15H2,1-4H3/t17-,18-,19-/m0/s1. The highest BCUT2D eigenvalue weighted by atomic mass is 16.5. The Morgan fingerprint density at radius 2 is 1.72 bits per heavy atom. The van der Waals surface area contributed by atoms with Crippen molar-refractivity contribution in [3.63, 3.8) is 0 Å². The molecular formula is C22H33N3O4. The molecule has 0 saturated carbocycles. The Morgan fingerprint density at radius 1 is 1.07 bits per heavy atom. The average molecular weight is 404 g/mol. The molecule has 2 aliphatic rings. The van der Waals surface area contributed by atoms with Gasteiger partial charge in [-0.3, -0.25) is 9.59 Å². The maximum atomic E-state index is 13.2. The first-order valence-electron chi connectivity index (χ1n) is 10.4. The number of ether oxygens (including phenoxy) is 2. The molecule has 7 nitrogen and oxygen atoms in total. The number of hydrogen-bond acceptors (Lipinski definition) is 6. The van der Waals surface area contributed by atoms with Crippen molar-refractivity contribution in [2.45, 2.75) is 44.9 Å². The van der Waals surface area contributed by atoms with Crippen molar-refractivity contribution < 1.29 is 19.1 Å². The number of nitrogens with zero attached hydrogens (tertiary/aromatic N) is 2. The normalized spacial score (nSPS) is 25.6. The predicted molar refractivity (Wildman–Crippen MR) is 112 cm³/mol. The summed E-state index contributed by atoms with van der Waals surface area (Å²) < 4.78 is 11.0. The Kier molecular flexibility index (Phi) is 6.80. The van der Waals surface area contributed by atoms with Gasteiger partial charge in [0, 0.05) is 38.4 Å².